The first kappa shape index (κ1) is 9.06. The van der Waals surface area contributed by atoms with Crippen molar-refractivity contribution in [2.75, 3.05) is 0 Å². The maximum Gasteiger partial charge on any atom is 0.104 e. The molecule has 1 aliphatic carbocycles. The fourth-order valence-electron chi connectivity index (χ4n) is 1.68. The van der Waals surface area contributed by atoms with E-state index in [2.05, 4.69) is 28.9 Å². The zero-order valence-corrected chi connectivity index (χ0v) is 8.47. The highest BCUT2D eigenvalue weighted by molar-refractivity contribution is 9.09. The Labute approximate surface area is 76.9 Å². The third-order valence-corrected chi connectivity index (χ3v) is 3.55. The van der Waals surface area contributed by atoms with Gasteiger partial charge in [0.25, 0.3) is 0 Å². The second-order valence-corrected chi connectivity index (χ2v) is 4.54. The number of nitrogens with zero attached hydrogens (tertiary/aromatic N) is 1. The fraction of sp³-hybridized carbons (Fsp3) is 0.889. The van der Waals surface area contributed by atoms with Crippen molar-refractivity contribution < 1.29 is 0 Å². The summed E-state index contributed by atoms with van der Waals surface area (Å²) >= 11 is 3.40. The average Bonchev–Trinajstić information content (AvgIpc) is 2.05. The lowest BCUT2D eigenvalue weighted by Gasteiger charge is -2.26. The summed E-state index contributed by atoms with van der Waals surface area (Å²) in [6.07, 6.45) is 5.05. The average molecular weight is 216 g/mol. The van der Waals surface area contributed by atoms with Crippen LogP contribution in [0.4, 0.5) is 0 Å². The molecule has 0 aromatic rings. The topological polar surface area (TPSA) is 23.8 Å². The molecule has 0 N–H and O–H groups in total. The van der Waals surface area contributed by atoms with Crippen molar-refractivity contribution in [3.8, 4) is 6.07 Å². The van der Waals surface area contributed by atoms with Gasteiger partial charge in [-0.3, -0.25) is 0 Å². The van der Waals surface area contributed by atoms with Gasteiger partial charge in [-0.25, -0.2) is 0 Å². The molecule has 0 saturated heterocycles. The van der Waals surface area contributed by atoms with Crippen LogP contribution in [-0.4, -0.2) is 4.83 Å². The molecule has 1 aliphatic rings. The van der Waals surface area contributed by atoms with Gasteiger partial charge in [0, 0.05) is 0 Å². The molecule has 0 radical (unpaired) electrons. The van der Waals surface area contributed by atoms with Gasteiger partial charge in [-0.2, -0.15) is 5.26 Å². The molecule has 0 aromatic carbocycles. The lowest BCUT2D eigenvalue weighted by Crippen LogP contribution is -2.19. The van der Waals surface area contributed by atoms with Crippen LogP contribution >= 0.6 is 15.9 Å². The Morgan fingerprint density at radius 2 is 1.91 bits per heavy atom. The van der Waals surface area contributed by atoms with E-state index < -0.39 is 0 Å². The minimum absolute atomic E-state index is 0.0926. The van der Waals surface area contributed by atoms with Gasteiger partial charge in [0.1, 0.15) is 4.83 Å². The highest BCUT2D eigenvalue weighted by atomic mass is 79.9. The molecular weight excluding hydrogens is 202 g/mol. The van der Waals surface area contributed by atoms with Crippen molar-refractivity contribution in [2.24, 2.45) is 11.8 Å². The van der Waals surface area contributed by atoms with Crippen LogP contribution in [0, 0.1) is 23.2 Å². The van der Waals surface area contributed by atoms with Gasteiger partial charge in [0.15, 0.2) is 0 Å². The van der Waals surface area contributed by atoms with E-state index in [4.69, 9.17) is 5.26 Å². The summed E-state index contributed by atoms with van der Waals surface area (Å²) in [6.45, 7) is 2.30. The van der Waals surface area contributed by atoms with E-state index in [1.165, 1.54) is 25.7 Å². The lowest BCUT2D eigenvalue weighted by molar-refractivity contribution is 0.299. The first-order valence-corrected chi connectivity index (χ1v) is 5.19. The van der Waals surface area contributed by atoms with E-state index in [-0.39, 0.29) is 4.83 Å². The fourth-order valence-corrected chi connectivity index (χ4v) is 2.21. The van der Waals surface area contributed by atoms with Gasteiger partial charge >= 0.3 is 0 Å². The normalized spacial score (nSPS) is 34.3. The van der Waals surface area contributed by atoms with Crippen molar-refractivity contribution in [1.29, 1.82) is 5.26 Å². The number of nitriles is 1. The molecule has 0 bridgehead atoms. The van der Waals surface area contributed by atoms with Crippen LogP contribution < -0.4 is 0 Å². The second-order valence-electron chi connectivity index (χ2n) is 3.55. The van der Waals surface area contributed by atoms with E-state index in [0.29, 0.717) is 5.92 Å². The van der Waals surface area contributed by atoms with Crippen molar-refractivity contribution >= 4 is 15.9 Å². The largest absolute Gasteiger partial charge is 0.197 e. The Kier molecular flexibility index (Phi) is 3.39. The summed E-state index contributed by atoms with van der Waals surface area (Å²) in [5.41, 5.74) is 0. The van der Waals surface area contributed by atoms with E-state index in [1.807, 2.05) is 0 Å². The van der Waals surface area contributed by atoms with Crippen LogP contribution in [0.3, 0.4) is 0 Å². The van der Waals surface area contributed by atoms with Crippen LogP contribution in [0.2, 0.25) is 0 Å². The van der Waals surface area contributed by atoms with Crippen molar-refractivity contribution in [3.63, 3.8) is 0 Å². The van der Waals surface area contributed by atoms with E-state index in [9.17, 15) is 0 Å². The highest BCUT2D eigenvalue weighted by Crippen LogP contribution is 2.32. The van der Waals surface area contributed by atoms with E-state index >= 15 is 0 Å². The molecule has 0 aromatic heterocycles. The molecular formula is C9H14BrN. The molecule has 0 heterocycles. The minimum atomic E-state index is 0.0926. The number of rotatable bonds is 1. The summed E-state index contributed by atoms with van der Waals surface area (Å²) in [5.74, 6) is 1.49. The predicted molar refractivity (Wildman–Crippen MR) is 49.5 cm³/mol. The van der Waals surface area contributed by atoms with Crippen LogP contribution in [-0.2, 0) is 0 Å². The van der Waals surface area contributed by atoms with E-state index in [0.717, 1.165) is 5.92 Å². The molecule has 1 unspecified atom stereocenters. The zero-order valence-electron chi connectivity index (χ0n) is 6.89. The van der Waals surface area contributed by atoms with Gasteiger partial charge in [0.2, 0.25) is 0 Å². The summed E-state index contributed by atoms with van der Waals surface area (Å²) in [7, 11) is 0. The van der Waals surface area contributed by atoms with Crippen LogP contribution in [0.25, 0.3) is 0 Å². The number of hydrogen-bond donors (Lipinski definition) is 0. The zero-order chi connectivity index (χ0) is 8.27. The molecule has 0 spiro atoms. The maximum absolute atomic E-state index is 8.66. The maximum atomic E-state index is 8.66. The predicted octanol–water partition coefficient (Wildman–Crippen LogP) is 3.10. The van der Waals surface area contributed by atoms with Gasteiger partial charge < -0.3 is 0 Å². The third kappa shape index (κ3) is 2.48. The van der Waals surface area contributed by atoms with Gasteiger partial charge in [0.05, 0.1) is 6.07 Å². The Morgan fingerprint density at radius 1 is 1.36 bits per heavy atom. The quantitative estimate of drug-likeness (QED) is 0.618. The molecule has 1 fully saturated rings. The molecule has 1 saturated carbocycles. The van der Waals surface area contributed by atoms with Crippen molar-refractivity contribution in [2.45, 2.75) is 37.4 Å². The van der Waals surface area contributed by atoms with Crippen LogP contribution in [0.1, 0.15) is 32.6 Å². The summed E-state index contributed by atoms with van der Waals surface area (Å²) in [5, 5.41) is 8.66. The number of halogens is 1. The summed E-state index contributed by atoms with van der Waals surface area (Å²) in [6, 6.07) is 2.27. The first-order valence-electron chi connectivity index (χ1n) is 4.27. The molecule has 0 aliphatic heterocycles. The highest BCUT2D eigenvalue weighted by Gasteiger charge is 2.23. The van der Waals surface area contributed by atoms with Crippen LogP contribution in [0.5, 0.6) is 0 Å². The van der Waals surface area contributed by atoms with Gasteiger partial charge in [-0.1, -0.05) is 35.7 Å². The van der Waals surface area contributed by atoms with E-state index in [1.54, 1.807) is 0 Å². The van der Waals surface area contributed by atoms with Crippen molar-refractivity contribution in [1.82, 2.24) is 0 Å². The lowest BCUT2D eigenvalue weighted by atomic mass is 9.82. The molecule has 62 valence electrons. The molecule has 11 heavy (non-hydrogen) atoms. The monoisotopic (exact) mass is 215 g/mol. The Bertz CT molecular complexity index is 153. The SMILES string of the molecule is CC1CCC(C(Br)C#N)CC1. The Balaban J connectivity index is 2.34. The Hall–Kier alpha value is -0.0300. The van der Waals surface area contributed by atoms with Crippen LogP contribution in [0.15, 0.2) is 0 Å². The molecule has 1 nitrogen and oxygen atoms in total. The third-order valence-electron chi connectivity index (χ3n) is 2.60. The smallest absolute Gasteiger partial charge is 0.104 e. The molecule has 2 heteroatoms. The molecule has 1 rings (SSSR count). The summed E-state index contributed by atoms with van der Waals surface area (Å²) < 4.78 is 0. The number of alkyl halides is 1. The molecule has 1 atom stereocenters. The molecule has 0 amide bonds. The van der Waals surface area contributed by atoms with Crippen molar-refractivity contribution in [3.05, 3.63) is 0 Å². The Morgan fingerprint density at radius 3 is 2.36 bits per heavy atom. The summed E-state index contributed by atoms with van der Waals surface area (Å²) in [4.78, 5) is 0.0926. The standard InChI is InChI=1S/C9H14BrN/c1-7-2-4-8(5-3-7)9(10)6-11/h7-9H,2-5H2,1H3. The number of hydrogen-bond acceptors (Lipinski definition) is 1. The first-order chi connectivity index (χ1) is 5.24. The van der Waals surface area contributed by atoms with Gasteiger partial charge in [-0.05, 0) is 24.7 Å². The van der Waals surface area contributed by atoms with Gasteiger partial charge in [-0.15, -0.1) is 0 Å². The minimum Gasteiger partial charge on any atom is -0.197 e. The second kappa shape index (κ2) is 4.11.